The number of nitrogens with zero attached hydrogens (tertiary/aromatic N) is 2. The number of carbonyl (C=O) groups is 21. The molecule has 0 aromatic heterocycles. The minimum absolute atomic E-state index is 0.0769. The number of amides is 18. The van der Waals surface area contributed by atoms with Gasteiger partial charge in [-0.25, -0.2) is 0 Å². The standard InChI is InChI=1S/C86H134N22O26/c1-43(90)84(131)107-39-17-23-65(107)83(130)104-61(33-35-67(113)114)79(126)101-57(19-11-14-36-87)75(122)96-49(7)73(120)100-59(21-13-16-38-89)78(125)106-63(42-54-26-30-56(110)31-27-54)81(128)103-60(32-34-66(111)112)77(124)97-50(8)74(121)105-62(41-53-24-28-55(109)29-25-53)80(127)102-58(20-12-15-37-88)76(123)95-48(6)71(118)93-46(4)69(116)91-44(2)68(115)92-45(3)70(117)94-47(5)72(119)98-51(9)85(132)108-40-18-22-64(108)82(129)99-52(10)86(133)134/h24-31,43-52,57-65,109-110H,11-23,32-42,87-90H2,1-10H3,(H,91,116)(H,92,115)(H,93,118)(H,94,117)(H,95,123)(H,96,122)(H,97,124)(H,98,119)(H,99,129)(H,100,120)(H,101,126)(H,102,127)(H,103,128)(H,104,130)(H,105,121)(H,106,125)(H,111,112)(H,113,114)(H,133,134)/t43-,44-,45-,46-,47-,48-,49-,50-,51-,52-,57-,58-,59-,60-,61-,62-,63-,64-,65-/m0/s1. The number of carboxylic acid groups (broad SMARTS) is 3. The van der Waals surface area contributed by atoms with Gasteiger partial charge in [0, 0.05) is 38.8 Å². The lowest BCUT2D eigenvalue weighted by atomic mass is 10.0. The first-order valence-electron chi connectivity index (χ1n) is 44.7. The number of aliphatic carboxylic acids is 3. The second kappa shape index (κ2) is 56.6. The lowest BCUT2D eigenvalue weighted by molar-refractivity contribution is -0.144. The number of unbranched alkanes of at least 4 members (excludes halogenated alkanes) is 3. The molecule has 29 N–H and O–H groups in total. The van der Waals surface area contributed by atoms with Crippen LogP contribution in [0.4, 0.5) is 0 Å². The Balaban J connectivity index is 1.48. The lowest BCUT2D eigenvalue weighted by Crippen LogP contribution is -2.60. The zero-order chi connectivity index (χ0) is 100. The van der Waals surface area contributed by atoms with Gasteiger partial charge in [-0.15, -0.1) is 0 Å². The molecule has 4 rings (SSSR count). The molecule has 0 aliphatic carbocycles. The van der Waals surface area contributed by atoms with Gasteiger partial charge in [0.05, 0.1) is 6.04 Å². The molecular weight excluding hydrogens is 1760 g/mol. The van der Waals surface area contributed by atoms with Crippen molar-refractivity contribution < 1.29 is 126 Å². The van der Waals surface area contributed by atoms with E-state index in [-0.39, 0.29) is 102 Å². The van der Waals surface area contributed by atoms with E-state index in [4.69, 9.17) is 22.9 Å². The molecule has 48 nitrogen and oxygen atoms in total. The zero-order valence-electron chi connectivity index (χ0n) is 77.1. The fourth-order valence-electron chi connectivity index (χ4n) is 14.1. The number of rotatable bonds is 57. The van der Waals surface area contributed by atoms with E-state index in [9.17, 15) is 126 Å². The van der Waals surface area contributed by atoms with Crippen LogP contribution in [0.3, 0.4) is 0 Å². The van der Waals surface area contributed by atoms with Crippen molar-refractivity contribution in [1.82, 2.24) is 94.9 Å². The number of carboxylic acids is 3. The van der Waals surface area contributed by atoms with Crippen LogP contribution in [0.15, 0.2) is 48.5 Å². The van der Waals surface area contributed by atoms with Gasteiger partial charge in [-0.05, 0) is 221 Å². The van der Waals surface area contributed by atoms with Crippen LogP contribution in [0.1, 0.15) is 190 Å². The first-order valence-corrected chi connectivity index (χ1v) is 44.7. The Morgan fingerprint density at radius 2 is 0.552 bits per heavy atom. The summed E-state index contributed by atoms with van der Waals surface area (Å²) in [6.45, 7) is 13.6. The summed E-state index contributed by atoms with van der Waals surface area (Å²) in [5.41, 5.74) is 23.8. The van der Waals surface area contributed by atoms with Crippen LogP contribution in [-0.2, 0) is 114 Å². The van der Waals surface area contributed by atoms with Gasteiger partial charge < -0.3 is 143 Å². The Kier molecular flexibility index (Phi) is 47.7. The third-order valence-electron chi connectivity index (χ3n) is 22.1. The summed E-state index contributed by atoms with van der Waals surface area (Å²) in [5, 5.41) is 88.7. The van der Waals surface area contributed by atoms with Crippen molar-refractivity contribution in [2.45, 2.75) is 306 Å². The summed E-state index contributed by atoms with van der Waals surface area (Å²) in [7, 11) is 0. The molecule has 744 valence electrons. The summed E-state index contributed by atoms with van der Waals surface area (Å²) in [6, 6.07) is -15.6. The van der Waals surface area contributed by atoms with Gasteiger partial charge in [-0.2, -0.15) is 0 Å². The Labute approximate surface area is 775 Å². The Hall–Kier alpha value is -13.2. The van der Waals surface area contributed by atoms with Crippen LogP contribution >= 0.6 is 0 Å². The first kappa shape index (κ1) is 113. The maximum absolute atomic E-state index is 14.8. The molecule has 134 heavy (non-hydrogen) atoms. The Morgan fingerprint density at radius 1 is 0.306 bits per heavy atom. The topological polar surface area (TPSA) is 763 Å². The van der Waals surface area contributed by atoms with Gasteiger partial charge in [0.25, 0.3) is 0 Å². The molecule has 18 amide bonds. The molecule has 2 heterocycles. The number of benzene rings is 2. The highest BCUT2D eigenvalue weighted by Gasteiger charge is 2.42. The number of phenolic OH excluding ortho intramolecular Hbond substituents is 2. The van der Waals surface area contributed by atoms with E-state index in [0.29, 0.717) is 43.2 Å². The van der Waals surface area contributed by atoms with E-state index in [2.05, 4.69) is 85.1 Å². The van der Waals surface area contributed by atoms with Crippen LogP contribution in [0.5, 0.6) is 11.5 Å². The molecule has 0 spiro atoms. The van der Waals surface area contributed by atoms with Gasteiger partial charge in [-0.1, -0.05) is 24.3 Å². The third-order valence-corrected chi connectivity index (χ3v) is 22.1. The van der Waals surface area contributed by atoms with Crippen LogP contribution in [0.25, 0.3) is 0 Å². The minimum atomic E-state index is -1.81. The average molecular weight is 1890 g/mol. The van der Waals surface area contributed by atoms with Gasteiger partial charge in [0.1, 0.15) is 120 Å². The van der Waals surface area contributed by atoms with E-state index in [1.54, 1.807) is 0 Å². The second-order valence-corrected chi connectivity index (χ2v) is 33.5. The molecule has 2 aromatic rings. The highest BCUT2D eigenvalue weighted by atomic mass is 16.4. The number of aromatic hydroxyl groups is 2. The maximum Gasteiger partial charge on any atom is 0.325 e. The molecule has 2 fully saturated rings. The highest BCUT2D eigenvalue weighted by Crippen LogP contribution is 2.22. The summed E-state index contributed by atoms with van der Waals surface area (Å²) in [4.78, 5) is 287. The summed E-state index contributed by atoms with van der Waals surface area (Å²) in [6.07, 6.45) is -0.542. The molecule has 0 radical (unpaired) electrons. The second-order valence-electron chi connectivity index (χ2n) is 33.5. The van der Waals surface area contributed by atoms with Crippen molar-refractivity contribution >= 4 is 124 Å². The number of phenols is 2. The summed E-state index contributed by atoms with van der Waals surface area (Å²) in [5.74, 6) is -20.6. The van der Waals surface area contributed by atoms with Crippen LogP contribution < -0.4 is 108 Å². The molecule has 48 heteroatoms. The van der Waals surface area contributed by atoms with Crippen molar-refractivity contribution in [3.8, 4) is 11.5 Å². The van der Waals surface area contributed by atoms with E-state index in [1.165, 1.54) is 128 Å². The Morgan fingerprint density at radius 3 is 0.858 bits per heavy atom. The van der Waals surface area contributed by atoms with E-state index >= 15 is 0 Å². The number of carbonyl (C=O) groups excluding carboxylic acids is 18. The van der Waals surface area contributed by atoms with Gasteiger partial charge in [0.15, 0.2) is 0 Å². The largest absolute Gasteiger partial charge is 0.508 e. The van der Waals surface area contributed by atoms with Crippen LogP contribution in [0, 0.1) is 0 Å². The normalized spacial score (nSPS) is 17.2. The monoisotopic (exact) mass is 1890 g/mol. The fourth-order valence-corrected chi connectivity index (χ4v) is 14.1. The SMILES string of the molecule is C[C@H](N)C(=O)N1CCC[C@H]1C(=O)N[C@@H](CCC(=O)O)C(=O)N[C@@H](CCCCN)C(=O)N[C@@H](C)C(=O)N[C@@H](CCCCN)C(=O)N[C@@H](Cc1ccc(O)cc1)C(=O)N[C@@H](CCC(=O)O)C(=O)N[C@@H](C)C(=O)N[C@@H](Cc1ccc(O)cc1)C(=O)N[C@@H](CCCCN)C(=O)N[C@@H](C)C(=O)N[C@@H](C)C(=O)N[C@@H](C)C(=O)N[C@@H](C)C(=O)N[C@@H](C)C(=O)N[C@@H](C)C(=O)N1CCC[C@H]1C(=O)N[C@@H](C)C(=O)O. The molecular formula is C86H134N22O26. The quantitative estimate of drug-likeness (QED) is 0.0274. The molecule has 2 aliphatic rings. The maximum atomic E-state index is 14.8. The fraction of sp³-hybridized carbons (Fsp3) is 0.616. The van der Waals surface area contributed by atoms with E-state index in [1.807, 2.05) is 0 Å². The molecule has 2 aromatic carbocycles. The van der Waals surface area contributed by atoms with E-state index in [0.717, 1.165) is 0 Å². The van der Waals surface area contributed by atoms with Gasteiger partial charge in [-0.3, -0.25) is 101 Å². The number of likely N-dealkylation sites (tertiary alicyclic amines) is 2. The molecule has 0 saturated carbocycles. The number of nitrogens with one attached hydrogen (secondary N) is 16. The average Bonchev–Trinajstić information content (AvgIpc) is 1.67. The summed E-state index contributed by atoms with van der Waals surface area (Å²) >= 11 is 0. The third kappa shape index (κ3) is 38.1. The van der Waals surface area contributed by atoms with Crippen molar-refractivity contribution in [3.63, 3.8) is 0 Å². The number of hydrogen-bond donors (Lipinski definition) is 25. The molecule has 0 bridgehead atoms. The van der Waals surface area contributed by atoms with Crippen molar-refractivity contribution in [3.05, 3.63) is 59.7 Å². The smallest absolute Gasteiger partial charge is 0.325 e. The predicted molar refractivity (Wildman–Crippen MR) is 479 cm³/mol. The Bertz CT molecular complexity index is 4430. The lowest BCUT2D eigenvalue weighted by Gasteiger charge is -2.28. The predicted octanol–water partition coefficient (Wildman–Crippen LogP) is -6.65. The number of hydrogen-bond acceptors (Lipinski definition) is 27. The number of nitrogens with two attached hydrogens (primary N) is 4. The van der Waals surface area contributed by atoms with Crippen LogP contribution in [-0.4, -0.2) is 307 Å². The zero-order valence-corrected chi connectivity index (χ0v) is 77.1. The van der Waals surface area contributed by atoms with Crippen molar-refractivity contribution in [1.29, 1.82) is 0 Å². The summed E-state index contributed by atoms with van der Waals surface area (Å²) < 4.78 is 0. The van der Waals surface area contributed by atoms with Gasteiger partial charge in [0.2, 0.25) is 106 Å². The first-order chi connectivity index (χ1) is 63.1. The molecule has 2 saturated heterocycles. The van der Waals surface area contributed by atoms with Crippen molar-refractivity contribution in [2.75, 3.05) is 32.7 Å². The minimum Gasteiger partial charge on any atom is -0.508 e. The highest BCUT2D eigenvalue weighted by molar-refractivity contribution is 6.02. The molecule has 2 aliphatic heterocycles. The molecule has 19 atom stereocenters. The van der Waals surface area contributed by atoms with Crippen molar-refractivity contribution in [2.24, 2.45) is 22.9 Å². The van der Waals surface area contributed by atoms with Gasteiger partial charge >= 0.3 is 17.9 Å². The van der Waals surface area contributed by atoms with E-state index < -0.39 is 271 Å². The van der Waals surface area contributed by atoms with Crippen LogP contribution in [0.2, 0.25) is 0 Å². The molecule has 0 unspecified atom stereocenters.